The van der Waals surface area contributed by atoms with E-state index in [9.17, 15) is 22.4 Å². The Labute approximate surface area is 108 Å². The fraction of sp³-hybridized carbons (Fsp3) is 0.462. The summed E-state index contributed by atoms with van der Waals surface area (Å²) in [7, 11) is 0. The van der Waals surface area contributed by atoms with Crippen molar-refractivity contribution in [1.82, 2.24) is 0 Å². The molecule has 0 aliphatic rings. The van der Waals surface area contributed by atoms with E-state index in [4.69, 9.17) is 4.74 Å². The molecule has 0 saturated carbocycles. The SMILES string of the molecule is CC(C)CCOc1ccc(F)cc1C(=O)C(F)(F)F. The van der Waals surface area contributed by atoms with Crippen LogP contribution in [0.15, 0.2) is 18.2 Å². The van der Waals surface area contributed by atoms with Crippen LogP contribution in [0.2, 0.25) is 0 Å². The summed E-state index contributed by atoms with van der Waals surface area (Å²) in [6.07, 6.45) is -4.43. The Kier molecular flexibility index (Phi) is 4.91. The molecule has 0 bridgehead atoms. The normalized spacial score (nSPS) is 11.7. The lowest BCUT2D eigenvalue weighted by atomic mass is 10.1. The van der Waals surface area contributed by atoms with Crippen LogP contribution in [0.4, 0.5) is 17.6 Å². The average Bonchev–Trinajstić information content (AvgIpc) is 2.28. The van der Waals surface area contributed by atoms with Crippen molar-refractivity contribution in [3.63, 3.8) is 0 Å². The zero-order valence-corrected chi connectivity index (χ0v) is 10.6. The van der Waals surface area contributed by atoms with E-state index in [2.05, 4.69) is 0 Å². The second-order valence-corrected chi connectivity index (χ2v) is 4.50. The van der Waals surface area contributed by atoms with Gasteiger partial charge in [-0.25, -0.2) is 4.39 Å². The van der Waals surface area contributed by atoms with E-state index in [1.165, 1.54) is 0 Å². The Morgan fingerprint density at radius 3 is 2.47 bits per heavy atom. The van der Waals surface area contributed by atoms with Crippen molar-refractivity contribution in [2.24, 2.45) is 5.92 Å². The monoisotopic (exact) mass is 278 g/mol. The van der Waals surface area contributed by atoms with Gasteiger partial charge >= 0.3 is 6.18 Å². The number of hydrogen-bond acceptors (Lipinski definition) is 2. The zero-order chi connectivity index (χ0) is 14.6. The standard InChI is InChI=1S/C13H14F4O2/c1-8(2)5-6-19-11-4-3-9(14)7-10(11)12(18)13(15,16)17/h3-4,7-8H,5-6H2,1-2H3. The summed E-state index contributed by atoms with van der Waals surface area (Å²) in [5.74, 6) is -2.96. The highest BCUT2D eigenvalue weighted by molar-refractivity contribution is 6.02. The summed E-state index contributed by atoms with van der Waals surface area (Å²) in [6, 6.07) is 2.53. The molecule has 106 valence electrons. The number of rotatable bonds is 5. The first-order chi connectivity index (χ1) is 8.71. The lowest BCUT2D eigenvalue weighted by Gasteiger charge is -2.13. The second-order valence-electron chi connectivity index (χ2n) is 4.50. The van der Waals surface area contributed by atoms with Crippen LogP contribution in [-0.4, -0.2) is 18.6 Å². The highest BCUT2D eigenvalue weighted by atomic mass is 19.4. The number of halogens is 4. The van der Waals surface area contributed by atoms with Crippen molar-refractivity contribution < 1.29 is 27.1 Å². The number of alkyl halides is 3. The lowest BCUT2D eigenvalue weighted by Crippen LogP contribution is -2.23. The van der Waals surface area contributed by atoms with E-state index in [0.29, 0.717) is 18.4 Å². The minimum atomic E-state index is -5.05. The molecule has 0 spiro atoms. The van der Waals surface area contributed by atoms with Crippen molar-refractivity contribution in [2.45, 2.75) is 26.4 Å². The zero-order valence-electron chi connectivity index (χ0n) is 10.6. The predicted octanol–water partition coefficient (Wildman–Crippen LogP) is 4.00. The summed E-state index contributed by atoms with van der Waals surface area (Å²) in [6.45, 7) is 4.02. The summed E-state index contributed by atoms with van der Waals surface area (Å²) in [4.78, 5) is 11.2. The topological polar surface area (TPSA) is 26.3 Å². The third kappa shape index (κ3) is 4.54. The number of hydrogen-bond donors (Lipinski definition) is 0. The molecule has 0 N–H and O–H groups in total. The maximum atomic E-state index is 13.0. The molecule has 19 heavy (non-hydrogen) atoms. The second kappa shape index (κ2) is 6.04. The average molecular weight is 278 g/mol. The third-order valence-electron chi connectivity index (χ3n) is 2.40. The van der Waals surface area contributed by atoms with Gasteiger partial charge in [0.25, 0.3) is 5.78 Å². The van der Waals surface area contributed by atoms with Gasteiger partial charge in [0.15, 0.2) is 0 Å². The summed E-state index contributed by atoms with van der Waals surface area (Å²) >= 11 is 0. The molecule has 0 atom stereocenters. The molecule has 2 nitrogen and oxygen atoms in total. The summed E-state index contributed by atoms with van der Waals surface area (Å²) in [5, 5.41) is 0. The van der Waals surface area contributed by atoms with Gasteiger partial charge in [0, 0.05) is 0 Å². The van der Waals surface area contributed by atoms with Crippen LogP contribution in [-0.2, 0) is 0 Å². The van der Waals surface area contributed by atoms with Gasteiger partial charge < -0.3 is 4.74 Å². The van der Waals surface area contributed by atoms with E-state index in [1.807, 2.05) is 13.8 Å². The number of benzene rings is 1. The summed E-state index contributed by atoms with van der Waals surface area (Å²) in [5.41, 5.74) is -0.795. The van der Waals surface area contributed by atoms with Crippen LogP contribution in [0.5, 0.6) is 5.75 Å². The number of carbonyl (C=O) groups is 1. The number of carbonyl (C=O) groups excluding carboxylic acids is 1. The highest BCUT2D eigenvalue weighted by Crippen LogP contribution is 2.28. The van der Waals surface area contributed by atoms with Gasteiger partial charge in [-0.15, -0.1) is 0 Å². The maximum absolute atomic E-state index is 13.0. The molecule has 0 fully saturated rings. The fourth-order valence-corrected chi connectivity index (χ4v) is 1.36. The Hall–Kier alpha value is -1.59. The van der Waals surface area contributed by atoms with Crippen molar-refractivity contribution in [2.75, 3.05) is 6.61 Å². The molecular weight excluding hydrogens is 264 g/mol. The minimum absolute atomic E-state index is 0.168. The van der Waals surface area contributed by atoms with Gasteiger partial charge in [-0.1, -0.05) is 13.8 Å². The molecule has 0 aromatic heterocycles. The van der Waals surface area contributed by atoms with Crippen LogP contribution in [0.1, 0.15) is 30.6 Å². The van der Waals surface area contributed by atoms with Gasteiger partial charge in [0.1, 0.15) is 11.6 Å². The number of Topliss-reactive ketones (excluding diaryl/α,β-unsaturated/α-hetero) is 1. The molecule has 1 aromatic rings. The van der Waals surface area contributed by atoms with Crippen LogP contribution in [0, 0.1) is 11.7 Å². The molecule has 0 saturated heterocycles. The van der Waals surface area contributed by atoms with Crippen molar-refractivity contribution in [3.05, 3.63) is 29.6 Å². The van der Waals surface area contributed by atoms with E-state index in [1.54, 1.807) is 0 Å². The van der Waals surface area contributed by atoms with Crippen molar-refractivity contribution in [1.29, 1.82) is 0 Å². The van der Waals surface area contributed by atoms with E-state index >= 15 is 0 Å². The van der Waals surface area contributed by atoms with Crippen LogP contribution >= 0.6 is 0 Å². The van der Waals surface area contributed by atoms with E-state index in [0.717, 1.165) is 12.1 Å². The van der Waals surface area contributed by atoms with Gasteiger partial charge in [-0.2, -0.15) is 13.2 Å². The predicted molar refractivity (Wildman–Crippen MR) is 61.7 cm³/mol. The molecule has 0 unspecified atom stereocenters. The first-order valence-electron chi connectivity index (χ1n) is 5.75. The Bertz CT molecular complexity index is 452. The molecule has 1 rings (SSSR count). The molecule has 6 heteroatoms. The van der Waals surface area contributed by atoms with Crippen LogP contribution in [0.25, 0.3) is 0 Å². The van der Waals surface area contributed by atoms with Gasteiger partial charge in [0.2, 0.25) is 0 Å². The van der Waals surface area contributed by atoms with Gasteiger partial charge in [0.05, 0.1) is 12.2 Å². The van der Waals surface area contributed by atoms with Crippen molar-refractivity contribution in [3.8, 4) is 5.75 Å². The molecular formula is C13H14F4O2. The molecule has 0 aliphatic carbocycles. The summed E-state index contributed by atoms with van der Waals surface area (Å²) < 4.78 is 55.2. The van der Waals surface area contributed by atoms with Gasteiger partial charge in [-0.05, 0) is 30.5 Å². The largest absolute Gasteiger partial charge is 0.493 e. The number of ether oxygens (including phenoxy) is 1. The number of ketones is 1. The maximum Gasteiger partial charge on any atom is 0.455 e. The molecule has 1 aromatic carbocycles. The molecule has 0 aliphatic heterocycles. The highest BCUT2D eigenvalue weighted by Gasteiger charge is 2.41. The molecule has 0 radical (unpaired) electrons. The third-order valence-corrected chi connectivity index (χ3v) is 2.40. The Morgan fingerprint density at radius 1 is 1.32 bits per heavy atom. The van der Waals surface area contributed by atoms with Crippen LogP contribution < -0.4 is 4.74 Å². The fourth-order valence-electron chi connectivity index (χ4n) is 1.36. The Morgan fingerprint density at radius 2 is 1.95 bits per heavy atom. The minimum Gasteiger partial charge on any atom is -0.493 e. The quantitative estimate of drug-likeness (QED) is 0.601. The van der Waals surface area contributed by atoms with Crippen molar-refractivity contribution >= 4 is 5.78 Å². The van der Waals surface area contributed by atoms with Gasteiger partial charge in [-0.3, -0.25) is 4.79 Å². The lowest BCUT2D eigenvalue weighted by molar-refractivity contribution is -0.0886. The van der Waals surface area contributed by atoms with Crippen LogP contribution in [0.3, 0.4) is 0 Å². The Balaban J connectivity index is 2.95. The van der Waals surface area contributed by atoms with E-state index in [-0.39, 0.29) is 12.4 Å². The van der Waals surface area contributed by atoms with E-state index < -0.39 is 23.3 Å². The smallest absolute Gasteiger partial charge is 0.455 e. The first kappa shape index (κ1) is 15.5. The first-order valence-corrected chi connectivity index (χ1v) is 5.75. The molecule has 0 amide bonds. The molecule has 0 heterocycles.